The smallest absolute Gasteiger partial charge is 0.220 e. The van der Waals surface area contributed by atoms with Gasteiger partial charge in [-0.1, -0.05) is 0 Å². The van der Waals surface area contributed by atoms with Gasteiger partial charge in [0.2, 0.25) is 5.91 Å². The Bertz CT molecular complexity index is 103. The minimum Gasteiger partial charge on any atom is -0.396 e. The number of amides is 1. The van der Waals surface area contributed by atoms with Crippen LogP contribution in [0.1, 0.15) is 6.42 Å². The highest BCUT2D eigenvalue weighted by Crippen LogP contribution is 2.05. The maximum atomic E-state index is 10.4. The van der Waals surface area contributed by atoms with Gasteiger partial charge < -0.3 is 10.4 Å². The Kier molecular flexibility index (Phi) is 1.48. The zero-order valence-corrected chi connectivity index (χ0v) is 4.55. The van der Waals surface area contributed by atoms with Crippen molar-refractivity contribution in [2.75, 3.05) is 13.2 Å². The lowest BCUT2D eigenvalue weighted by atomic mass is 10.1. The Morgan fingerprint density at radius 2 is 2.62 bits per heavy atom. The first-order chi connectivity index (χ1) is 3.83. The van der Waals surface area contributed by atoms with Gasteiger partial charge in [0.1, 0.15) is 0 Å². The van der Waals surface area contributed by atoms with E-state index >= 15 is 0 Å². The first-order valence-electron chi connectivity index (χ1n) is 2.70. The molecule has 0 aromatic heterocycles. The number of nitrogens with one attached hydrogen (secondary N) is 1. The Balaban J connectivity index is 2.32. The lowest BCUT2D eigenvalue weighted by Gasteiger charge is -1.96. The van der Waals surface area contributed by atoms with E-state index in [1.165, 1.54) is 0 Å². The normalized spacial score (nSPS) is 28.1. The fraction of sp³-hybridized carbons (Fsp3) is 0.800. The average Bonchev–Trinajstić information content (AvgIpc) is 2.14. The fourth-order valence-corrected chi connectivity index (χ4v) is 0.794. The molecule has 0 radical (unpaired) electrons. The molecule has 0 spiro atoms. The van der Waals surface area contributed by atoms with Gasteiger partial charge in [0.15, 0.2) is 0 Å². The molecule has 1 fully saturated rings. The second kappa shape index (κ2) is 2.13. The zero-order valence-electron chi connectivity index (χ0n) is 4.55. The van der Waals surface area contributed by atoms with Crippen LogP contribution in [0, 0.1) is 5.92 Å². The van der Waals surface area contributed by atoms with E-state index in [9.17, 15) is 4.79 Å². The van der Waals surface area contributed by atoms with Gasteiger partial charge in [0.05, 0.1) is 0 Å². The molecular formula is C5H9NO2. The van der Waals surface area contributed by atoms with Crippen LogP contribution >= 0.6 is 0 Å². The molecule has 3 heteroatoms. The summed E-state index contributed by atoms with van der Waals surface area (Å²) >= 11 is 0. The summed E-state index contributed by atoms with van der Waals surface area (Å²) in [6.45, 7) is 0.772. The van der Waals surface area contributed by atoms with Gasteiger partial charge in [-0.2, -0.15) is 0 Å². The second-order valence-corrected chi connectivity index (χ2v) is 2.06. The summed E-state index contributed by atoms with van der Waals surface area (Å²) in [6.07, 6.45) is 0.497. The summed E-state index contributed by atoms with van der Waals surface area (Å²) in [6, 6.07) is 0. The summed E-state index contributed by atoms with van der Waals surface area (Å²) < 4.78 is 0. The van der Waals surface area contributed by atoms with Gasteiger partial charge in [0.25, 0.3) is 0 Å². The van der Waals surface area contributed by atoms with Crippen LogP contribution in [0.2, 0.25) is 0 Å². The molecule has 8 heavy (non-hydrogen) atoms. The lowest BCUT2D eigenvalue weighted by molar-refractivity contribution is -0.119. The summed E-state index contributed by atoms with van der Waals surface area (Å²) in [5.41, 5.74) is 0. The lowest BCUT2D eigenvalue weighted by Crippen LogP contribution is -2.14. The molecule has 1 heterocycles. The third-order valence-corrected chi connectivity index (χ3v) is 1.32. The van der Waals surface area contributed by atoms with Gasteiger partial charge in [-0.25, -0.2) is 0 Å². The Morgan fingerprint density at radius 1 is 1.88 bits per heavy atom. The second-order valence-electron chi connectivity index (χ2n) is 2.06. The molecule has 1 saturated heterocycles. The van der Waals surface area contributed by atoms with Crippen molar-refractivity contribution in [1.29, 1.82) is 0 Å². The predicted octanol–water partition coefficient (Wildman–Crippen LogP) is -0.885. The van der Waals surface area contributed by atoms with Crippen molar-refractivity contribution in [2.45, 2.75) is 6.42 Å². The van der Waals surface area contributed by atoms with Crippen molar-refractivity contribution < 1.29 is 9.90 Å². The summed E-state index contributed by atoms with van der Waals surface area (Å²) in [4.78, 5) is 10.4. The molecule has 0 bridgehead atoms. The molecule has 0 aliphatic carbocycles. The van der Waals surface area contributed by atoms with Crippen LogP contribution in [0.15, 0.2) is 0 Å². The van der Waals surface area contributed by atoms with E-state index in [2.05, 4.69) is 5.32 Å². The summed E-state index contributed by atoms with van der Waals surface area (Å²) in [5.74, 6) is 0.228. The van der Waals surface area contributed by atoms with Gasteiger partial charge in [-0.05, 0) is 0 Å². The minimum atomic E-state index is 0.0593. The number of rotatable bonds is 1. The van der Waals surface area contributed by atoms with Crippen LogP contribution in [0.25, 0.3) is 0 Å². The van der Waals surface area contributed by atoms with E-state index in [1.54, 1.807) is 0 Å². The molecule has 46 valence electrons. The Morgan fingerprint density at radius 3 is 2.88 bits per heavy atom. The van der Waals surface area contributed by atoms with Crippen molar-refractivity contribution in [2.24, 2.45) is 5.92 Å². The summed E-state index contributed by atoms with van der Waals surface area (Å²) in [5, 5.41) is 11.1. The topological polar surface area (TPSA) is 49.3 Å². The predicted molar refractivity (Wildman–Crippen MR) is 28.2 cm³/mol. The van der Waals surface area contributed by atoms with Crippen LogP contribution in [-0.2, 0) is 4.79 Å². The molecule has 1 amide bonds. The van der Waals surface area contributed by atoms with E-state index in [0.717, 1.165) is 0 Å². The number of hydrogen-bond acceptors (Lipinski definition) is 2. The number of aliphatic hydroxyl groups is 1. The van der Waals surface area contributed by atoms with Gasteiger partial charge in [0, 0.05) is 25.5 Å². The van der Waals surface area contributed by atoms with Gasteiger partial charge >= 0.3 is 0 Å². The molecule has 1 rings (SSSR count). The molecular weight excluding hydrogens is 106 g/mol. The van der Waals surface area contributed by atoms with E-state index in [4.69, 9.17) is 5.11 Å². The van der Waals surface area contributed by atoms with Gasteiger partial charge in [-0.15, -0.1) is 0 Å². The van der Waals surface area contributed by atoms with Crippen LogP contribution in [0.5, 0.6) is 0 Å². The van der Waals surface area contributed by atoms with Crippen molar-refractivity contribution in [3.63, 3.8) is 0 Å². The maximum absolute atomic E-state index is 10.4. The summed E-state index contributed by atoms with van der Waals surface area (Å²) in [7, 11) is 0. The van der Waals surface area contributed by atoms with E-state index in [0.29, 0.717) is 13.0 Å². The van der Waals surface area contributed by atoms with Crippen LogP contribution < -0.4 is 5.32 Å². The fourth-order valence-electron chi connectivity index (χ4n) is 0.794. The largest absolute Gasteiger partial charge is 0.396 e. The Hall–Kier alpha value is -0.570. The molecule has 1 aliphatic rings. The van der Waals surface area contributed by atoms with Crippen molar-refractivity contribution >= 4 is 5.91 Å². The van der Waals surface area contributed by atoms with Crippen molar-refractivity contribution in [1.82, 2.24) is 5.32 Å². The maximum Gasteiger partial charge on any atom is 0.220 e. The number of carbonyl (C=O) groups excluding carboxylic acids is 1. The molecule has 1 aliphatic heterocycles. The molecule has 0 aromatic carbocycles. The minimum absolute atomic E-state index is 0.0593. The first kappa shape index (κ1) is 5.56. The number of aliphatic hydroxyl groups excluding tert-OH is 1. The third-order valence-electron chi connectivity index (χ3n) is 1.32. The molecule has 2 N–H and O–H groups in total. The molecule has 1 unspecified atom stereocenters. The van der Waals surface area contributed by atoms with E-state index < -0.39 is 0 Å². The van der Waals surface area contributed by atoms with Gasteiger partial charge in [-0.3, -0.25) is 4.79 Å². The van der Waals surface area contributed by atoms with Crippen LogP contribution in [0.4, 0.5) is 0 Å². The quantitative estimate of drug-likeness (QED) is 0.466. The average molecular weight is 115 g/mol. The molecule has 3 nitrogen and oxygen atoms in total. The van der Waals surface area contributed by atoms with Crippen molar-refractivity contribution in [3.8, 4) is 0 Å². The van der Waals surface area contributed by atoms with E-state index in [-0.39, 0.29) is 18.4 Å². The van der Waals surface area contributed by atoms with Crippen molar-refractivity contribution in [3.05, 3.63) is 0 Å². The SMILES string of the molecule is O=C1CC(CO)CN1. The Labute approximate surface area is 47.7 Å². The van der Waals surface area contributed by atoms with Crippen LogP contribution in [0.3, 0.4) is 0 Å². The third kappa shape index (κ3) is 0.980. The monoisotopic (exact) mass is 115 g/mol. The molecule has 1 atom stereocenters. The molecule has 0 aromatic rings. The standard InChI is InChI=1S/C5H9NO2/c7-3-4-1-5(8)6-2-4/h4,7H,1-3H2,(H,6,8). The number of carbonyl (C=O) groups is 1. The number of hydrogen-bond donors (Lipinski definition) is 2. The first-order valence-corrected chi connectivity index (χ1v) is 2.70. The van der Waals surface area contributed by atoms with Crippen LogP contribution in [-0.4, -0.2) is 24.2 Å². The highest BCUT2D eigenvalue weighted by Gasteiger charge is 2.19. The highest BCUT2D eigenvalue weighted by molar-refractivity contribution is 5.78. The zero-order chi connectivity index (χ0) is 5.98. The molecule has 0 saturated carbocycles. The van der Waals surface area contributed by atoms with E-state index in [1.807, 2.05) is 0 Å². The highest BCUT2D eigenvalue weighted by atomic mass is 16.3.